The third-order valence-electron chi connectivity index (χ3n) is 7.23. The second-order valence-corrected chi connectivity index (χ2v) is 10.8. The fourth-order valence-electron chi connectivity index (χ4n) is 4.85. The van der Waals surface area contributed by atoms with E-state index < -0.39 is 6.04 Å². The van der Waals surface area contributed by atoms with Crippen molar-refractivity contribution in [1.29, 1.82) is 0 Å². The normalized spacial score (nSPS) is 11.8. The summed E-state index contributed by atoms with van der Waals surface area (Å²) in [5.41, 5.74) is 5.77. The Balaban J connectivity index is 1.54. The lowest BCUT2D eigenvalue weighted by Crippen LogP contribution is -2.42. The third-order valence-corrected chi connectivity index (χ3v) is 7.23. The molecule has 0 spiro atoms. The van der Waals surface area contributed by atoms with Crippen LogP contribution in [0.4, 0.5) is 11.4 Å². The Hall–Kier alpha value is -5.05. The molecule has 214 valence electrons. The summed E-state index contributed by atoms with van der Waals surface area (Å²) in [4.78, 5) is 36.1. The van der Waals surface area contributed by atoms with Gasteiger partial charge in [0, 0.05) is 44.4 Å². The summed E-state index contributed by atoms with van der Waals surface area (Å²) in [7, 11) is 3.93. The zero-order chi connectivity index (χ0) is 29.6. The van der Waals surface area contributed by atoms with Crippen LogP contribution in [-0.2, 0) is 22.7 Å². The van der Waals surface area contributed by atoms with Crippen molar-refractivity contribution >= 4 is 34.2 Å². The topological polar surface area (TPSA) is 96.2 Å². The minimum Gasteiger partial charge on any atom is -0.378 e. The number of carbonyl (C=O) groups is 2. The number of rotatable bonds is 10. The van der Waals surface area contributed by atoms with Crippen molar-refractivity contribution in [3.63, 3.8) is 0 Å². The maximum absolute atomic E-state index is 14.2. The molecule has 2 amide bonds. The zero-order valence-corrected chi connectivity index (χ0v) is 24.3. The first-order valence-electron chi connectivity index (χ1n) is 13.9. The molecular weight excluding hydrogens is 526 g/mol. The van der Waals surface area contributed by atoms with Gasteiger partial charge >= 0.3 is 0 Å². The molecule has 0 aliphatic rings. The number of anilines is 2. The molecule has 0 radical (unpaired) electrons. The molecule has 2 heterocycles. The first kappa shape index (κ1) is 28.5. The Morgan fingerprint density at radius 3 is 2.26 bits per heavy atom. The van der Waals surface area contributed by atoms with Crippen LogP contribution in [0, 0.1) is 0 Å². The van der Waals surface area contributed by atoms with E-state index in [2.05, 4.69) is 34.5 Å². The molecule has 9 heteroatoms. The number of nitrogens with zero attached hydrogens (tertiary/aromatic N) is 6. The van der Waals surface area contributed by atoms with E-state index in [0.29, 0.717) is 22.7 Å². The molecule has 5 rings (SSSR count). The van der Waals surface area contributed by atoms with E-state index >= 15 is 0 Å². The van der Waals surface area contributed by atoms with Crippen LogP contribution in [0.2, 0.25) is 0 Å². The standard InChI is InChI=1S/C33H35N7O2/c1-23(2)25-11-13-26(14-12-25)32(33(42)35-27-15-17-28(18-16-27)38(3)4)39(21-24-8-7-19-34-20-24)31(41)22-40-30-10-6-5-9-29(30)36-37-40/h5-20,23,32H,21-22H2,1-4H3,(H,35,42)/t32-/m1/s1. The second kappa shape index (κ2) is 12.6. The van der Waals surface area contributed by atoms with Crippen molar-refractivity contribution in [3.05, 3.63) is 114 Å². The van der Waals surface area contributed by atoms with Crippen molar-refractivity contribution in [1.82, 2.24) is 24.9 Å². The summed E-state index contributed by atoms with van der Waals surface area (Å²) in [5, 5.41) is 11.5. The minimum atomic E-state index is -0.915. The molecule has 5 aromatic rings. The van der Waals surface area contributed by atoms with Gasteiger partial charge in [0.1, 0.15) is 18.1 Å². The molecule has 0 bridgehead atoms. The van der Waals surface area contributed by atoms with Crippen LogP contribution >= 0.6 is 0 Å². The maximum atomic E-state index is 14.2. The number of fused-ring (bicyclic) bond motifs is 1. The summed E-state index contributed by atoms with van der Waals surface area (Å²) in [5.74, 6) is -0.258. The fourth-order valence-corrected chi connectivity index (χ4v) is 4.85. The largest absolute Gasteiger partial charge is 0.378 e. The van der Waals surface area contributed by atoms with E-state index in [1.54, 1.807) is 22.0 Å². The lowest BCUT2D eigenvalue weighted by molar-refractivity contribution is -0.140. The number of carbonyl (C=O) groups excluding carboxylic acids is 2. The van der Waals surface area contributed by atoms with Crippen molar-refractivity contribution in [2.24, 2.45) is 0 Å². The van der Waals surface area contributed by atoms with Crippen LogP contribution in [0.15, 0.2) is 97.3 Å². The van der Waals surface area contributed by atoms with Crippen LogP contribution < -0.4 is 10.2 Å². The number of amides is 2. The smallest absolute Gasteiger partial charge is 0.251 e. The first-order chi connectivity index (χ1) is 20.3. The van der Waals surface area contributed by atoms with Crippen molar-refractivity contribution in [2.75, 3.05) is 24.3 Å². The van der Waals surface area contributed by atoms with Crippen LogP contribution in [-0.4, -0.2) is 50.8 Å². The van der Waals surface area contributed by atoms with Gasteiger partial charge in [-0.3, -0.25) is 14.6 Å². The molecule has 2 aromatic heterocycles. The zero-order valence-electron chi connectivity index (χ0n) is 24.3. The van der Waals surface area contributed by atoms with Gasteiger partial charge in [0.2, 0.25) is 5.91 Å². The van der Waals surface area contributed by atoms with Gasteiger partial charge in [-0.15, -0.1) is 5.10 Å². The average Bonchev–Trinajstić information content (AvgIpc) is 3.40. The highest BCUT2D eigenvalue weighted by atomic mass is 16.2. The van der Waals surface area contributed by atoms with Crippen molar-refractivity contribution < 1.29 is 9.59 Å². The number of para-hydroxylation sites is 1. The monoisotopic (exact) mass is 561 g/mol. The van der Waals surface area contributed by atoms with Gasteiger partial charge in [-0.2, -0.15) is 0 Å². The first-order valence-corrected chi connectivity index (χ1v) is 13.9. The van der Waals surface area contributed by atoms with Gasteiger partial charge in [0.05, 0.1) is 5.52 Å². The second-order valence-electron chi connectivity index (χ2n) is 10.8. The highest BCUT2D eigenvalue weighted by molar-refractivity contribution is 5.98. The molecule has 3 aromatic carbocycles. The Bertz CT molecular complexity index is 1650. The maximum Gasteiger partial charge on any atom is 0.251 e. The number of nitrogens with one attached hydrogen (secondary N) is 1. The van der Waals surface area contributed by atoms with Crippen molar-refractivity contribution in [3.8, 4) is 0 Å². The predicted octanol–water partition coefficient (Wildman–Crippen LogP) is 5.42. The molecule has 0 aliphatic carbocycles. The average molecular weight is 562 g/mol. The molecule has 1 N–H and O–H groups in total. The highest BCUT2D eigenvalue weighted by Crippen LogP contribution is 2.28. The van der Waals surface area contributed by atoms with E-state index in [-0.39, 0.29) is 24.9 Å². The molecule has 9 nitrogen and oxygen atoms in total. The van der Waals surface area contributed by atoms with Crippen LogP contribution in [0.5, 0.6) is 0 Å². The summed E-state index contributed by atoms with van der Waals surface area (Å²) in [6.07, 6.45) is 3.39. The molecular formula is C33H35N7O2. The third kappa shape index (κ3) is 6.46. The van der Waals surface area contributed by atoms with Gasteiger partial charge in [0.25, 0.3) is 5.91 Å². The lowest BCUT2D eigenvalue weighted by Gasteiger charge is -2.32. The SMILES string of the molecule is CC(C)c1ccc([C@H](C(=O)Nc2ccc(N(C)C)cc2)N(Cc2cccnc2)C(=O)Cn2nnc3ccccc32)cc1. The van der Waals surface area contributed by atoms with Gasteiger partial charge in [-0.1, -0.05) is 61.5 Å². The molecule has 0 unspecified atom stereocenters. The van der Waals surface area contributed by atoms with Gasteiger partial charge in [-0.05, 0) is 65.1 Å². The molecule has 0 aliphatic heterocycles. The van der Waals surface area contributed by atoms with Crippen LogP contribution in [0.25, 0.3) is 11.0 Å². The number of aromatic nitrogens is 4. The van der Waals surface area contributed by atoms with Crippen LogP contribution in [0.1, 0.15) is 42.5 Å². The molecule has 0 fully saturated rings. The Kier molecular flexibility index (Phi) is 8.57. The summed E-state index contributed by atoms with van der Waals surface area (Å²) >= 11 is 0. The minimum absolute atomic E-state index is 0.0772. The van der Waals surface area contributed by atoms with E-state index in [9.17, 15) is 9.59 Å². The molecule has 0 saturated carbocycles. The molecule has 42 heavy (non-hydrogen) atoms. The fraction of sp³-hybridized carbons (Fsp3) is 0.242. The quantitative estimate of drug-likeness (QED) is 0.245. The Labute approximate surface area is 245 Å². The number of benzene rings is 3. The van der Waals surface area contributed by atoms with Gasteiger partial charge in [-0.25, -0.2) is 4.68 Å². The summed E-state index contributed by atoms with van der Waals surface area (Å²) in [6, 6.07) is 25.8. The van der Waals surface area contributed by atoms with Gasteiger partial charge in [0.15, 0.2) is 0 Å². The van der Waals surface area contributed by atoms with E-state index in [1.807, 2.05) is 104 Å². The van der Waals surface area contributed by atoms with E-state index in [0.717, 1.165) is 22.3 Å². The van der Waals surface area contributed by atoms with Crippen LogP contribution in [0.3, 0.4) is 0 Å². The van der Waals surface area contributed by atoms with E-state index in [1.165, 1.54) is 0 Å². The highest BCUT2D eigenvalue weighted by Gasteiger charge is 2.32. The Morgan fingerprint density at radius 2 is 1.60 bits per heavy atom. The lowest BCUT2D eigenvalue weighted by atomic mass is 9.97. The van der Waals surface area contributed by atoms with E-state index in [4.69, 9.17) is 0 Å². The molecule has 1 atom stereocenters. The van der Waals surface area contributed by atoms with Gasteiger partial charge < -0.3 is 15.1 Å². The molecule has 0 saturated heterocycles. The summed E-state index contributed by atoms with van der Waals surface area (Å²) < 4.78 is 1.57. The predicted molar refractivity (Wildman–Crippen MR) is 165 cm³/mol. The number of hydrogen-bond donors (Lipinski definition) is 1. The summed E-state index contributed by atoms with van der Waals surface area (Å²) in [6.45, 7) is 4.35. The van der Waals surface area contributed by atoms with Crippen molar-refractivity contribution in [2.45, 2.75) is 38.9 Å². The number of hydrogen-bond acceptors (Lipinski definition) is 6. The Morgan fingerprint density at radius 1 is 0.881 bits per heavy atom. The number of pyridine rings is 1.